The molecule has 5 heteroatoms. The fourth-order valence-corrected chi connectivity index (χ4v) is 6.05. The number of phenolic OH excluding ortho intramolecular Hbond substituents is 1. The zero-order chi connectivity index (χ0) is 19.0. The second-order valence-electron chi connectivity index (χ2n) is 9.37. The van der Waals surface area contributed by atoms with Crippen LogP contribution in [0.3, 0.4) is 0 Å². The van der Waals surface area contributed by atoms with Crippen molar-refractivity contribution in [3.05, 3.63) is 23.3 Å². The third kappa shape index (κ3) is 2.27. The maximum absolute atomic E-state index is 12.9. The van der Waals surface area contributed by atoms with Gasteiger partial charge in [-0.2, -0.15) is 0 Å². The van der Waals surface area contributed by atoms with E-state index in [-0.39, 0.29) is 17.5 Å². The first-order chi connectivity index (χ1) is 12.9. The van der Waals surface area contributed by atoms with Crippen LogP contribution in [-0.4, -0.2) is 52.7 Å². The van der Waals surface area contributed by atoms with Crippen molar-refractivity contribution in [2.45, 2.75) is 62.6 Å². The average molecular weight is 371 g/mol. The number of carbonyl (C=O) groups is 1. The molecule has 1 heterocycles. The standard InChI is InChI=1S/C22H29NO4/c1-13-11-15-5-6-16(24)19-18(15)21(9-10-23(2)12-14-3-4-14)20(27-19)17(25)7-8-22(13,21)26/h5-6,13-14,20,24,26H,3-4,7-12H2,1-2H3/t13?,20?,21-,22?/m1/s1. The fourth-order valence-electron chi connectivity index (χ4n) is 6.05. The molecule has 5 rings (SSSR count). The Kier molecular flexibility index (Phi) is 3.70. The van der Waals surface area contributed by atoms with Gasteiger partial charge < -0.3 is 19.8 Å². The van der Waals surface area contributed by atoms with E-state index in [4.69, 9.17) is 4.74 Å². The normalized spacial score (nSPS) is 36.7. The van der Waals surface area contributed by atoms with Gasteiger partial charge in [-0.05, 0) is 69.2 Å². The zero-order valence-corrected chi connectivity index (χ0v) is 16.2. The van der Waals surface area contributed by atoms with Gasteiger partial charge in [-0.15, -0.1) is 0 Å². The van der Waals surface area contributed by atoms with Gasteiger partial charge >= 0.3 is 0 Å². The summed E-state index contributed by atoms with van der Waals surface area (Å²) in [6.45, 7) is 3.98. The molecule has 1 aromatic carbocycles. The van der Waals surface area contributed by atoms with E-state index in [9.17, 15) is 15.0 Å². The van der Waals surface area contributed by atoms with Gasteiger partial charge in [0.2, 0.25) is 0 Å². The van der Waals surface area contributed by atoms with Gasteiger partial charge in [0.25, 0.3) is 0 Å². The Morgan fingerprint density at radius 3 is 2.85 bits per heavy atom. The molecule has 146 valence electrons. The lowest BCUT2D eigenvalue weighted by atomic mass is 9.49. The van der Waals surface area contributed by atoms with E-state index in [0.29, 0.717) is 25.0 Å². The Morgan fingerprint density at radius 1 is 1.33 bits per heavy atom. The highest BCUT2D eigenvalue weighted by atomic mass is 16.5. The second kappa shape index (κ2) is 5.71. The third-order valence-corrected chi connectivity index (χ3v) is 7.67. The van der Waals surface area contributed by atoms with Crippen molar-refractivity contribution in [2.24, 2.45) is 11.8 Å². The molecule has 3 unspecified atom stereocenters. The van der Waals surface area contributed by atoms with Crippen LogP contribution >= 0.6 is 0 Å². The first-order valence-corrected chi connectivity index (χ1v) is 10.3. The minimum Gasteiger partial charge on any atom is -0.504 e. The SMILES string of the molecule is CC1Cc2ccc(O)c3c2[C@]2(CCN(C)CC4CC4)C(O3)C(=O)CCC12O. The summed E-state index contributed by atoms with van der Waals surface area (Å²) in [5, 5.41) is 22.4. The smallest absolute Gasteiger partial charge is 0.174 e. The van der Waals surface area contributed by atoms with Gasteiger partial charge in [0.05, 0.1) is 11.0 Å². The van der Waals surface area contributed by atoms with Gasteiger partial charge in [-0.25, -0.2) is 0 Å². The number of rotatable bonds is 5. The summed E-state index contributed by atoms with van der Waals surface area (Å²) < 4.78 is 6.11. The number of aromatic hydroxyl groups is 1. The van der Waals surface area contributed by atoms with Crippen molar-refractivity contribution in [1.29, 1.82) is 0 Å². The number of hydrogen-bond donors (Lipinski definition) is 2. The third-order valence-electron chi connectivity index (χ3n) is 7.67. The molecule has 0 radical (unpaired) electrons. The molecule has 1 aliphatic heterocycles. The Hall–Kier alpha value is -1.59. The van der Waals surface area contributed by atoms with Crippen LogP contribution in [0.2, 0.25) is 0 Å². The van der Waals surface area contributed by atoms with Crippen molar-refractivity contribution in [1.82, 2.24) is 4.90 Å². The molecular formula is C22H29NO4. The van der Waals surface area contributed by atoms with E-state index in [1.807, 2.05) is 6.07 Å². The average Bonchev–Trinajstić information content (AvgIpc) is 3.36. The van der Waals surface area contributed by atoms with Crippen molar-refractivity contribution in [2.75, 3.05) is 20.1 Å². The Labute approximate surface area is 160 Å². The van der Waals surface area contributed by atoms with E-state index >= 15 is 0 Å². The van der Waals surface area contributed by atoms with Crippen LogP contribution in [0.5, 0.6) is 11.5 Å². The number of ether oxygens (including phenoxy) is 1. The monoisotopic (exact) mass is 371 g/mol. The lowest BCUT2D eigenvalue weighted by molar-refractivity contribution is -0.165. The predicted molar refractivity (Wildman–Crippen MR) is 101 cm³/mol. The highest BCUT2D eigenvalue weighted by Crippen LogP contribution is 2.63. The predicted octanol–water partition coefficient (Wildman–Crippen LogP) is 2.41. The number of ketones is 1. The van der Waals surface area contributed by atoms with Gasteiger partial charge in [-0.3, -0.25) is 4.79 Å². The first kappa shape index (κ1) is 17.5. The molecule has 5 nitrogen and oxygen atoms in total. The fraction of sp³-hybridized carbons (Fsp3) is 0.682. The number of nitrogens with zero attached hydrogens (tertiary/aromatic N) is 1. The number of hydrogen-bond acceptors (Lipinski definition) is 5. The summed E-state index contributed by atoms with van der Waals surface area (Å²) in [5.41, 5.74) is 0.294. The Morgan fingerprint density at radius 2 is 2.11 bits per heavy atom. The maximum atomic E-state index is 12.9. The van der Waals surface area contributed by atoms with Crippen molar-refractivity contribution in [3.63, 3.8) is 0 Å². The molecule has 0 bridgehead atoms. The van der Waals surface area contributed by atoms with Crippen molar-refractivity contribution in [3.8, 4) is 11.5 Å². The summed E-state index contributed by atoms with van der Waals surface area (Å²) in [6.07, 6.45) is 4.18. The Balaban J connectivity index is 1.62. The number of carbonyl (C=O) groups excluding carboxylic acids is 1. The number of Topliss-reactive ketones (excluding diaryl/α,β-unsaturated/α-hetero) is 1. The number of benzene rings is 1. The van der Waals surface area contributed by atoms with Gasteiger partial charge in [0.15, 0.2) is 23.4 Å². The molecule has 3 aliphatic carbocycles. The molecule has 4 aliphatic rings. The summed E-state index contributed by atoms with van der Waals surface area (Å²) in [7, 11) is 2.13. The highest BCUT2D eigenvalue weighted by molar-refractivity contribution is 5.89. The van der Waals surface area contributed by atoms with E-state index < -0.39 is 17.1 Å². The van der Waals surface area contributed by atoms with Gasteiger partial charge in [-0.1, -0.05) is 13.0 Å². The molecule has 1 aromatic rings. The molecule has 4 atom stereocenters. The molecule has 0 aromatic heterocycles. The first-order valence-electron chi connectivity index (χ1n) is 10.3. The van der Waals surface area contributed by atoms with Gasteiger partial charge in [0.1, 0.15) is 0 Å². The minimum absolute atomic E-state index is 0.0495. The lowest BCUT2D eigenvalue weighted by Crippen LogP contribution is -2.68. The molecule has 0 amide bonds. The number of phenols is 1. The van der Waals surface area contributed by atoms with Crippen LogP contribution in [0.1, 0.15) is 50.2 Å². The maximum Gasteiger partial charge on any atom is 0.174 e. The van der Waals surface area contributed by atoms with Crippen LogP contribution in [0, 0.1) is 11.8 Å². The van der Waals surface area contributed by atoms with Crippen LogP contribution in [0.25, 0.3) is 0 Å². The second-order valence-corrected chi connectivity index (χ2v) is 9.37. The Bertz CT molecular complexity index is 804. The van der Waals surface area contributed by atoms with Gasteiger partial charge in [0, 0.05) is 18.5 Å². The number of aliphatic hydroxyl groups is 1. The van der Waals surface area contributed by atoms with Crippen LogP contribution < -0.4 is 4.74 Å². The van der Waals surface area contributed by atoms with Crippen molar-refractivity contribution < 1.29 is 19.7 Å². The summed E-state index contributed by atoms with van der Waals surface area (Å²) >= 11 is 0. The van der Waals surface area contributed by atoms with E-state index in [1.165, 1.54) is 12.8 Å². The molecular weight excluding hydrogens is 342 g/mol. The molecule has 0 saturated heterocycles. The molecule has 0 spiro atoms. The highest BCUT2D eigenvalue weighted by Gasteiger charge is 2.69. The van der Waals surface area contributed by atoms with E-state index in [1.54, 1.807) is 6.07 Å². The van der Waals surface area contributed by atoms with E-state index in [0.717, 1.165) is 36.6 Å². The van der Waals surface area contributed by atoms with Crippen LogP contribution in [-0.2, 0) is 16.6 Å². The lowest BCUT2D eigenvalue weighted by Gasteiger charge is -2.56. The summed E-state index contributed by atoms with van der Waals surface area (Å²) in [4.78, 5) is 15.2. The topological polar surface area (TPSA) is 70.0 Å². The summed E-state index contributed by atoms with van der Waals surface area (Å²) in [5.74, 6) is 1.42. The zero-order valence-electron chi connectivity index (χ0n) is 16.2. The van der Waals surface area contributed by atoms with Crippen molar-refractivity contribution >= 4 is 5.78 Å². The minimum atomic E-state index is -0.974. The molecule has 2 N–H and O–H groups in total. The summed E-state index contributed by atoms with van der Waals surface area (Å²) in [6, 6.07) is 3.62. The van der Waals surface area contributed by atoms with E-state index in [2.05, 4.69) is 18.9 Å². The van der Waals surface area contributed by atoms with Crippen LogP contribution in [0.15, 0.2) is 12.1 Å². The quantitative estimate of drug-likeness (QED) is 0.832. The van der Waals surface area contributed by atoms with Crippen LogP contribution in [0.4, 0.5) is 0 Å². The molecule has 2 fully saturated rings. The molecule has 27 heavy (non-hydrogen) atoms. The largest absolute Gasteiger partial charge is 0.504 e. The molecule has 2 saturated carbocycles.